The molecule has 6 heteroatoms. The Balaban J connectivity index is 1.67. The minimum absolute atomic E-state index is 0.0299. The summed E-state index contributed by atoms with van der Waals surface area (Å²) in [6, 6.07) is 4.18. The Morgan fingerprint density at radius 1 is 1.36 bits per heavy atom. The molecule has 1 unspecified atom stereocenters. The first-order valence-electron chi connectivity index (χ1n) is 7.32. The molecular formula is C16H18FNO4. The van der Waals surface area contributed by atoms with Gasteiger partial charge in [-0.3, -0.25) is 9.59 Å². The number of ether oxygens (including phenoxy) is 1. The number of methoxy groups -OCH3 is 1. The van der Waals surface area contributed by atoms with Crippen molar-refractivity contribution >= 4 is 11.9 Å². The zero-order chi connectivity index (χ0) is 15.9. The Hall–Kier alpha value is -2.11. The highest BCUT2D eigenvalue weighted by Crippen LogP contribution is 2.59. The van der Waals surface area contributed by atoms with E-state index in [-0.39, 0.29) is 22.8 Å². The summed E-state index contributed by atoms with van der Waals surface area (Å²) in [6.07, 6.45) is 2.04. The summed E-state index contributed by atoms with van der Waals surface area (Å²) in [7, 11) is 1.44. The van der Waals surface area contributed by atoms with Crippen LogP contribution in [0.25, 0.3) is 0 Å². The van der Waals surface area contributed by atoms with Gasteiger partial charge in [0, 0.05) is 19.2 Å². The van der Waals surface area contributed by atoms with Crippen molar-refractivity contribution in [1.29, 1.82) is 0 Å². The van der Waals surface area contributed by atoms with Crippen LogP contribution in [-0.4, -0.2) is 42.1 Å². The van der Waals surface area contributed by atoms with E-state index in [1.54, 1.807) is 11.0 Å². The highest BCUT2D eigenvalue weighted by atomic mass is 19.1. The number of hydrogen-bond donors (Lipinski definition) is 1. The zero-order valence-electron chi connectivity index (χ0n) is 12.3. The maximum absolute atomic E-state index is 14.0. The number of amides is 1. The Morgan fingerprint density at radius 3 is 2.55 bits per heavy atom. The monoisotopic (exact) mass is 307 g/mol. The van der Waals surface area contributed by atoms with Gasteiger partial charge in [-0.25, -0.2) is 4.39 Å². The summed E-state index contributed by atoms with van der Waals surface area (Å²) in [5, 5.41) is 9.07. The van der Waals surface area contributed by atoms with Gasteiger partial charge in [0.15, 0.2) is 0 Å². The molecule has 2 aliphatic rings. The van der Waals surface area contributed by atoms with Gasteiger partial charge in [-0.05, 0) is 36.8 Å². The number of carboxylic acids is 1. The summed E-state index contributed by atoms with van der Waals surface area (Å²) < 4.78 is 18.9. The Kier molecular flexibility index (Phi) is 3.54. The number of likely N-dealkylation sites (tertiary alicyclic amines) is 1. The van der Waals surface area contributed by atoms with Crippen molar-refractivity contribution < 1.29 is 23.8 Å². The first kappa shape index (κ1) is 14.8. The number of halogens is 1. The maximum atomic E-state index is 14.0. The molecule has 3 rings (SSSR count). The van der Waals surface area contributed by atoms with Crippen molar-refractivity contribution in [1.82, 2.24) is 4.90 Å². The molecule has 1 aromatic carbocycles. The van der Waals surface area contributed by atoms with Crippen LogP contribution in [0.15, 0.2) is 18.2 Å². The topological polar surface area (TPSA) is 66.8 Å². The van der Waals surface area contributed by atoms with Crippen molar-refractivity contribution in [3.63, 3.8) is 0 Å². The molecule has 0 aromatic heterocycles. The van der Waals surface area contributed by atoms with E-state index in [0.717, 1.165) is 0 Å². The first-order chi connectivity index (χ1) is 10.5. The molecule has 1 atom stereocenters. The van der Waals surface area contributed by atoms with Crippen molar-refractivity contribution in [3.05, 3.63) is 29.6 Å². The number of carbonyl (C=O) groups excluding carboxylic acids is 1. The fourth-order valence-corrected chi connectivity index (χ4v) is 3.37. The minimum atomic E-state index is -0.749. The third-order valence-corrected chi connectivity index (χ3v) is 4.94. The SMILES string of the molecule is COc1ccc(C(=O)N2CCC3(CC2)CC3C(=O)O)c(F)c1. The molecule has 1 heterocycles. The molecule has 1 N–H and O–H groups in total. The highest BCUT2D eigenvalue weighted by Gasteiger charge is 2.59. The summed E-state index contributed by atoms with van der Waals surface area (Å²) in [6.45, 7) is 0.960. The van der Waals surface area contributed by atoms with Crippen LogP contribution in [0.5, 0.6) is 5.75 Å². The van der Waals surface area contributed by atoms with Gasteiger partial charge in [0.2, 0.25) is 0 Å². The molecule has 1 saturated heterocycles. The second-order valence-corrected chi connectivity index (χ2v) is 6.10. The number of carbonyl (C=O) groups is 2. The van der Waals surface area contributed by atoms with E-state index in [1.807, 2.05) is 0 Å². The van der Waals surface area contributed by atoms with Gasteiger partial charge < -0.3 is 14.7 Å². The Bertz CT molecular complexity index is 623. The number of rotatable bonds is 3. The Labute approximate surface area is 127 Å². The molecular weight excluding hydrogens is 289 g/mol. The van der Waals surface area contributed by atoms with Crippen LogP contribution >= 0.6 is 0 Å². The van der Waals surface area contributed by atoms with Gasteiger partial charge in [-0.15, -0.1) is 0 Å². The van der Waals surface area contributed by atoms with Crippen LogP contribution in [-0.2, 0) is 4.79 Å². The fourth-order valence-electron chi connectivity index (χ4n) is 3.37. The molecule has 22 heavy (non-hydrogen) atoms. The second kappa shape index (κ2) is 5.26. The van der Waals surface area contributed by atoms with E-state index in [2.05, 4.69) is 0 Å². The molecule has 1 amide bonds. The fraction of sp³-hybridized carbons (Fsp3) is 0.500. The molecule has 1 saturated carbocycles. The van der Waals surface area contributed by atoms with Gasteiger partial charge >= 0.3 is 5.97 Å². The van der Waals surface area contributed by atoms with E-state index in [4.69, 9.17) is 9.84 Å². The number of hydrogen-bond acceptors (Lipinski definition) is 3. The number of piperidine rings is 1. The molecule has 0 radical (unpaired) electrons. The van der Waals surface area contributed by atoms with E-state index in [9.17, 15) is 14.0 Å². The van der Waals surface area contributed by atoms with Crippen molar-refractivity contribution in [3.8, 4) is 5.75 Å². The number of nitrogens with zero attached hydrogens (tertiary/aromatic N) is 1. The predicted octanol–water partition coefficient (Wildman–Crippen LogP) is 2.16. The normalized spacial score (nSPS) is 22.5. The Morgan fingerprint density at radius 2 is 2.05 bits per heavy atom. The summed E-state index contributed by atoms with van der Waals surface area (Å²) in [5.74, 6) is -1.60. The van der Waals surface area contributed by atoms with Gasteiger partial charge in [-0.2, -0.15) is 0 Å². The third kappa shape index (κ3) is 2.42. The molecule has 1 aliphatic carbocycles. The van der Waals surface area contributed by atoms with Crippen LogP contribution in [0.1, 0.15) is 29.6 Å². The summed E-state index contributed by atoms with van der Waals surface area (Å²) in [4.78, 5) is 25.0. The average molecular weight is 307 g/mol. The van der Waals surface area contributed by atoms with E-state index >= 15 is 0 Å². The highest BCUT2D eigenvalue weighted by molar-refractivity contribution is 5.94. The molecule has 1 spiro atoms. The van der Waals surface area contributed by atoms with Gasteiger partial charge in [0.1, 0.15) is 11.6 Å². The zero-order valence-corrected chi connectivity index (χ0v) is 12.3. The molecule has 0 bridgehead atoms. The van der Waals surface area contributed by atoms with Gasteiger partial charge in [0.25, 0.3) is 5.91 Å². The summed E-state index contributed by atoms with van der Waals surface area (Å²) >= 11 is 0. The third-order valence-electron chi connectivity index (χ3n) is 4.94. The number of aliphatic carboxylic acids is 1. The average Bonchev–Trinajstić information content (AvgIpc) is 3.21. The van der Waals surface area contributed by atoms with Crippen LogP contribution in [0, 0.1) is 17.2 Å². The largest absolute Gasteiger partial charge is 0.497 e. The lowest BCUT2D eigenvalue weighted by atomic mass is 9.90. The quantitative estimate of drug-likeness (QED) is 0.929. The predicted molar refractivity (Wildman–Crippen MR) is 76.3 cm³/mol. The molecule has 2 fully saturated rings. The number of carboxylic acid groups (broad SMARTS) is 1. The van der Waals surface area contributed by atoms with Crippen LogP contribution in [0.4, 0.5) is 4.39 Å². The van der Waals surface area contributed by atoms with E-state index in [0.29, 0.717) is 38.1 Å². The maximum Gasteiger partial charge on any atom is 0.307 e. The van der Waals surface area contributed by atoms with Crippen molar-refractivity contribution in [2.45, 2.75) is 19.3 Å². The second-order valence-electron chi connectivity index (χ2n) is 6.10. The van der Waals surface area contributed by atoms with Crippen molar-refractivity contribution in [2.75, 3.05) is 20.2 Å². The van der Waals surface area contributed by atoms with Crippen LogP contribution in [0.3, 0.4) is 0 Å². The molecule has 5 nitrogen and oxygen atoms in total. The standard InChI is InChI=1S/C16H18FNO4/c1-22-10-2-3-11(13(17)8-10)14(19)18-6-4-16(5-7-18)9-12(16)15(20)21/h2-3,8,12H,4-7,9H2,1H3,(H,20,21). The minimum Gasteiger partial charge on any atom is -0.497 e. The summed E-state index contributed by atoms with van der Waals surface area (Å²) in [5.41, 5.74) is -0.108. The van der Waals surface area contributed by atoms with E-state index in [1.165, 1.54) is 19.2 Å². The van der Waals surface area contributed by atoms with Gasteiger partial charge in [-0.1, -0.05) is 0 Å². The first-order valence-corrected chi connectivity index (χ1v) is 7.32. The molecule has 1 aliphatic heterocycles. The lowest BCUT2D eigenvalue weighted by molar-refractivity contribution is -0.139. The number of benzene rings is 1. The lowest BCUT2D eigenvalue weighted by Crippen LogP contribution is -2.40. The smallest absolute Gasteiger partial charge is 0.307 e. The van der Waals surface area contributed by atoms with Crippen LogP contribution in [0.2, 0.25) is 0 Å². The van der Waals surface area contributed by atoms with E-state index < -0.39 is 11.8 Å². The lowest BCUT2D eigenvalue weighted by Gasteiger charge is -2.32. The van der Waals surface area contributed by atoms with Crippen molar-refractivity contribution in [2.24, 2.45) is 11.3 Å². The molecule has 1 aromatic rings. The van der Waals surface area contributed by atoms with Gasteiger partial charge in [0.05, 0.1) is 18.6 Å². The molecule has 118 valence electrons. The van der Waals surface area contributed by atoms with Crippen LogP contribution < -0.4 is 4.74 Å².